The van der Waals surface area contributed by atoms with Crippen molar-refractivity contribution in [2.24, 2.45) is 0 Å². The van der Waals surface area contributed by atoms with E-state index in [1.165, 1.54) is 0 Å². The third-order valence-electron chi connectivity index (χ3n) is 2.93. The number of hydrogen-bond donors (Lipinski definition) is 2. The fourth-order valence-corrected chi connectivity index (χ4v) is 2.17. The smallest absolute Gasteiger partial charge is 0.249 e. The van der Waals surface area contributed by atoms with Gasteiger partial charge in [-0.25, -0.2) is 0 Å². The molecule has 110 valence electrons. The fraction of sp³-hybridized carbons (Fsp3) is 0.0625. The van der Waals surface area contributed by atoms with Gasteiger partial charge in [-0.15, -0.1) is 5.10 Å². The van der Waals surface area contributed by atoms with Gasteiger partial charge in [0.05, 0.1) is 6.20 Å². The summed E-state index contributed by atoms with van der Waals surface area (Å²) in [5, 5.41) is 14.9. The summed E-state index contributed by atoms with van der Waals surface area (Å²) in [4.78, 5) is 4.38. The molecule has 0 unspecified atom stereocenters. The van der Waals surface area contributed by atoms with Crippen LogP contribution in [0.2, 0.25) is 5.02 Å². The minimum Gasteiger partial charge on any atom is -0.339 e. The van der Waals surface area contributed by atoms with Gasteiger partial charge in [0, 0.05) is 16.4 Å². The maximum atomic E-state index is 5.96. The number of anilines is 4. The van der Waals surface area contributed by atoms with E-state index in [-0.39, 0.29) is 0 Å². The Kier molecular flexibility index (Phi) is 4.16. The van der Waals surface area contributed by atoms with Gasteiger partial charge in [0.2, 0.25) is 5.95 Å². The molecule has 0 saturated heterocycles. The normalized spacial score (nSPS) is 10.3. The van der Waals surface area contributed by atoms with Gasteiger partial charge in [-0.05, 0) is 42.8 Å². The lowest BCUT2D eigenvalue weighted by Crippen LogP contribution is -2.02. The molecule has 3 aromatic rings. The molecule has 0 radical (unpaired) electrons. The van der Waals surface area contributed by atoms with Crippen molar-refractivity contribution in [1.82, 2.24) is 15.2 Å². The number of nitrogens with one attached hydrogen (secondary N) is 2. The van der Waals surface area contributed by atoms with Crippen molar-refractivity contribution in [3.8, 4) is 0 Å². The van der Waals surface area contributed by atoms with E-state index in [0.717, 1.165) is 16.9 Å². The van der Waals surface area contributed by atoms with Crippen LogP contribution in [0.15, 0.2) is 54.7 Å². The quantitative estimate of drug-likeness (QED) is 0.751. The average molecular weight is 312 g/mol. The van der Waals surface area contributed by atoms with Crippen molar-refractivity contribution < 1.29 is 0 Å². The SMILES string of the molecule is Cc1cccc(Nc2nncc(Nc3cccc(Cl)c3)n2)c1. The lowest BCUT2D eigenvalue weighted by molar-refractivity contribution is 0.982. The summed E-state index contributed by atoms with van der Waals surface area (Å²) in [5.41, 5.74) is 2.92. The molecule has 5 nitrogen and oxygen atoms in total. The Bertz CT molecular complexity index is 728. The third-order valence-corrected chi connectivity index (χ3v) is 3.17. The van der Waals surface area contributed by atoms with Crippen LogP contribution in [-0.2, 0) is 0 Å². The van der Waals surface area contributed by atoms with E-state index in [4.69, 9.17) is 11.6 Å². The first-order chi connectivity index (χ1) is 10.7. The molecule has 0 aliphatic carbocycles. The summed E-state index contributed by atoms with van der Waals surface area (Å²) in [6.07, 6.45) is 1.56. The molecule has 0 saturated carbocycles. The molecule has 0 atom stereocenters. The van der Waals surface area contributed by atoms with E-state index < -0.39 is 0 Å². The number of halogens is 1. The largest absolute Gasteiger partial charge is 0.339 e. The number of aromatic nitrogens is 3. The average Bonchev–Trinajstić information content (AvgIpc) is 2.47. The van der Waals surface area contributed by atoms with Gasteiger partial charge in [-0.2, -0.15) is 10.1 Å². The molecule has 2 aromatic carbocycles. The highest BCUT2D eigenvalue weighted by Gasteiger charge is 2.02. The zero-order chi connectivity index (χ0) is 15.4. The molecule has 0 amide bonds. The van der Waals surface area contributed by atoms with Crippen molar-refractivity contribution in [3.63, 3.8) is 0 Å². The molecular weight excluding hydrogens is 298 g/mol. The Morgan fingerprint density at radius 2 is 1.73 bits per heavy atom. The standard InChI is InChI=1S/C16H14ClN5/c1-11-4-2-6-13(8-11)20-16-21-15(10-18-22-16)19-14-7-3-5-12(17)9-14/h2-10H,1H3,(H2,19,20,21,22). The van der Waals surface area contributed by atoms with Crippen molar-refractivity contribution in [1.29, 1.82) is 0 Å². The second kappa shape index (κ2) is 6.41. The third kappa shape index (κ3) is 3.71. The number of aryl methyl sites for hydroxylation is 1. The van der Waals surface area contributed by atoms with Crippen molar-refractivity contribution in [3.05, 3.63) is 65.3 Å². The van der Waals surface area contributed by atoms with E-state index in [0.29, 0.717) is 16.8 Å². The van der Waals surface area contributed by atoms with Crippen LogP contribution in [0.4, 0.5) is 23.1 Å². The van der Waals surface area contributed by atoms with Crippen LogP contribution in [0.5, 0.6) is 0 Å². The Balaban J connectivity index is 1.78. The van der Waals surface area contributed by atoms with Gasteiger partial charge in [0.25, 0.3) is 0 Å². The molecular formula is C16H14ClN5. The van der Waals surface area contributed by atoms with Crippen LogP contribution in [0, 0.1) is 6.92 Å². The van der Waals surface area contributed by atoms with Gasteiger partial charge in [-0.1, -0.05) is 29.8 Å². The fourth-order valence-electron chi connectivity index (χ4n) is 1.98. The van der Waals surface area contributed by atoms with Gasteiger partial charge < -0.3 is 10.6 Å². The van der Waals surface area contributed by atoms with Crippen LogP contribution in [0.1, 0.15) is 5.56 Å². The summed E-state index contributed by atoms with van der Waals surface area (Å²) >= 11 is 5.96. The molecule has 3 rings (SSSR count). The van der Waals surface area contributed by atoms with Crippen LogP contribution >= 0.6 is 11.6 Å². The van der Waals surface area contributed by atoms with Gasteiger partial charge >= 0.3 is 0 Å². The monoisotopic (exact) mass is 311 g/mol. The summed E-state index contributed by atoms with van der Waals surface area (Å²) in [5.74, 6) is 1.02. The molecule has 0 spiro atoms. The molecule has 1 aromatic heterocycles. The number of rotatable bonds is 4. The van der Waals surface area contributed by atoms with E-state index in [9.17, 15) is 0 Å². The second-order valence-corrected chi connectivity index (χ2v) is 5.23. The predicted molar refractivity (Wildman–Crippen MR) is 89.0 cm³/mol. The van der Waals surface area contributed by atoms with Crippen molar-refractivity contribution in [2.75, 3.05) is 10.6 Å². The second-order valence-electron chi connectivity index (χ2n) is 4.80. The Morgan fingerprint density at radius 1 is 0.955 bits per heavy atom. The van der Waals surface area contributed by atoms with E-state index in [2.05, 4.69) is 25.8 Å². The van der Waals surface area contributed by atoms with Gasteiger partial charge in [0.15, 0.2) is 5.82 Å². The predicted octanol–water partition coefficient (Wildman–Crippen LogP) is 4.32. The Morgan fingerprint density at radius 3 is 2.50 bits per heavy atom. The molecule has 1 heterocycles. The van der Waals surface area contributed by atoms with Gasteiger partial charge in [-0.3, -0.25) is 0 Å². The highest BCUT2D eigenvalue weighted by molar-refractivity contribution is 6.30. The zero-order valence-electron chi connectivity index (χ0n) is 11.9. The molecule has 0 bridgehead atoms. The van der Waals surface area contributed by atoms with Crippen LogP contribution in [0.3, 0.4) is 0 Å². The van der Waals surface area contributed by atoms with Gasteiger partial charge in [0.1, 0.15) is 0 Å². The first kappa shape index (κ1) is 14.3. The summed E-state index contributed by atoms with van der Waals surface area (Å²) < 4.78 is 0. The van der Waals surface area contributed by atoms with Crippen LogP contribution < -0.4 is 10.6 Å². The molecule has 6 heteroatoms. The molecule has 0 fully saturated rings. The summed E-state index contributed by atoms with van der Waals surface area (Å²) in [7, 11) is 0. The van der Waals surface area contributed by atoms with Crippen molar-refractivity contribution >= 4 is 34.7 Å². The van der Waals surface area contributed by atoms with Crippen LogP contribution in [0.25, 0.3) is 0 Å². The van der Waals surface area contributed by atoms with E-state index in [1.54, 1.807) is 6.20 Å². The van der Waals surface area contributed by atoms with Crippen LogP contribution in [-0.4, -0.2) is 15.2 Å². The summed E-state index contributed by atoms with van der Waals surface area (Å²) in [6.45, 7) is 2.03. The number of hydrogen-bond acceptors (Lipinski definition) is 5. The first-order valence-corrected chi connectivity index (χ1v) is 7.13. The molecule has 0 aliphatic rings. The Labute approximate surface area is 133 Å². The molecule has 22 heavy (non-hydrogen) atoms. The number of benzene rings is 2. The molecule has 2 N–H and O–H groups in total. The lowest BCUT2D eigenvalue weighted by Gasteiger charge is -2.08. The van der Waals surface area contributed by atoms with E-state index >= 15 is 0 Å². The maximum absolute atomic E-state index is 5.96. The topological polar surface area (TPSA) is 62.7 Å². The highest BCUT2D eigenvalue weighted by atomic mass is 35.5. The minimum absolute atomic E-state index is 0.428. The first-order valence-electron chi connectivity index (χ1n) is 6.75. The highest BCUT2D eigenvalue weighted by Crippen LogP contribution is 2.20. The minimum atomic E-state index is 0.428. The summed E-state index contributed by atoms with van der Waals surface area (Å²) in [6, 6.07) is 15.4. The van der Waals surface area contributed by atoms with Crippen molar-refractivity contribution in [2.45, 2.75) is 6.92 Å². The zero-order valence-corrected chi connectivity index (χ0v) is 12.7. The lowest BCUT2D eigenvalue weighted by atomic mass is 10.2. The maximum Gasteiger partial charge on any atom is 0.249 e. The molecule has 0 aliphatic heterocycles. The number of nitrogens with zero attached hydrogens (tertiary/aromatic N) is 3. The van der Waals surface area contributed by atoms with E-state index in [1.807, 2.05) is 55.5 Å². The Hall–Kier alpha value is -2.66.